The summed E-state index contributed by atoms with van der Waals surface area (Å²) in [5.74, 6) is -0.0724. The van der Waals surface area contributed by atoms with Crippen molar-refractivity contribution >= 4 is 12.1 Å². The van der Waals surface area contributed by atoms with E-state index in [2.05, 4.69) is 20.7 Å². The number of aromatic nitrogens is 2. The number of carbonyl (C=O) groups is 1. The number of nitrogens with zero attached hydrogens (tertiary/aromatic N) is 2. The molecule has 0 unspecified atom stereocenters. The molecule has 2 N–H and O–H groups in total. The molecule has 0 saturated carbocycles. The molecule has 0 spiro atoms. The van der Waals surface area contributed by atoms with Crippen LogP contribution in [0.25, 0.3) is 11.3 Å². The number of amides is 1. The summed E-state index contributed by atoms with van der Waals surface area (Å²) in [7, 11) is 1.59. The van der Waals surface area contributed by atoms with E-state index < -0.39 is 5.91 Å². The maximum atomic E-state index is 13.1. The maximum Gasteiger partial charge on any atom is 0.289 e. The van der Waals surface area contributed by atoms with Crippen molar-refractivity contribution in [2.45, 2.75) is 0 Å². The van der Waals surface area contributed by atoms with Crippen LogP contribution in [0.3, 0.4) is 0 Å². The first-order valence-electron chi connectivity index (χ1n) is 7.44. The third-order valence-corrected chi connectivity index (χ3v) is 3.44. The lowest BCUT2D eigenvalue weighted by molar-refractivity contribution is 0.0950. The fraction of sp³-hybridized carbons (Fsp3) is 0.0556. The van der Waals surface area contributed by atoms with Crippen molar-refractivity contribution in [1.82, 2.24) is 15.6 Å². The van der Waals surface area contributed by atoms with Crippen LogP contribution in [0.4, 0.5) is 4.39 Å². The summed E-state index contributed by atoms with van der Waals surface area (Å²) in [5, 5.41) is 10.6. The zero-order chi connectivity index (χ0) is 17.6. The highest BCUT2D eigenvalue weighted by molar-refractivity contribution is 5.94. The molecule has 1 aromatic heterocycles. The summed E-state index contributed by atoms with van der Waals surface area (Å²) < 4.78 is 18.2. The van der Waals surface area contributed by atoms with Gasteiger partial charge in [-0.15, -0.1) is 0 Å². The molecule has 0 aliphatic heterocycles. The summed E-state index contributed by atoms with van der Waals surface area (Å²) >= 11 is 0. The number of H-pyrrole nitrogens is 1. The van der Waals surface area contributed by atoms with Crippen LogP contribution >= 0.6 is 0 Å². The van der Waals surface area contributed by atoms with E-state index in [9.17, 15) is 9.18 Å². The van der Waals surface area contributed by atoms with Crippen molar-refractivity contribution in [2.75, 3.05) is 7.11 Å². The lowest BCUT2D eigenvalue weighted by Gasteiger charge is -2.00. The van der Waals surface area contributed by atoms with E-state index in [0.29, 0.717) is 11.3 Å². The van der Waals surface area contributed by atoms with Gasteiger partial charge in [0.1, 0.15) is 17.3 Å². The molecule has 3 rings (SSSR count). The van der Waals surface area contributed by atoms with Gasteiger partial charge in [-0.3, -0.25) is 9.89 Å². The smallest absolute Gasteiger partial charge is 0.289 e. The number of nitrogens with one attached hydrogen (secondary N) is 2. The normalized spacial score (nSPS) is 10.8. The van der Waals surface area contributed by atoms with Crippen molar-refractivity contribution in [1.29, 1.82) is 0 Å². The molecule has 25 heavy (non-hydrogen) atoms. The quantitative estimate of drug-likeness (QED) is 0.554. The molecule has 0 saturated heterocycles. The second-order valence-electron chi connectivity index (χ2n) is 5.15. The Morgan fingerprint density at radius 3 is 2.76 bits per heavy atom. The SMILES string of the molecule is COc1ccc(-c2cc(C(=O)N/N=C/c3cccc(F)c3)[nH]n2)cc1. The summed E-state index contributed by atoms with van der Waals surface area (Å²) in [6, 6.07) is 14.8. The zero-order valence-corrected chi connectivity index (χ0v) is 13.4. The summed E-state index contributed by atoms with van der Waals surface area (Å²) in [4.78, 5) is 12.1. The summed E-state index contributed by atoms with van der Waals surface area (Å²) in [6.45, 7) is 0. The predicted octanol–water partition coefficient (Wildman–Crippen LogP) is 2.99. The van der Waals surface area contributed by atoms with Crippen molar-refractivity contribution < 1.29 is 13.9 Å². The van der Waals surface area contributed by atoms with Crippen LogP contribution in [0.2, 0.25) is 0 Å². The molecular weight excluding hydrogens is 323 g/mol. The molecule has 0 radical (unpaired) electrons. The van der Waals surface area contributed by atoms with E-state index >= 15 is 0 Å². The Hall–Kier alpha value is -3.48. The largest absolute Gasteiger partial charge is 0.497 e. The Labute approximate surface area is 143 Å². The van der Waals surface area contributed by atoms with Crippen LogP contribution < -0.4 is 10.2 Å². The van der Waals surface area contributed by atoms with Gasteiger partial charge < -0.3 is 4.74 Å². The van der Waals surface area contributed by atoms with E-state index in [0.717, 1.165) is 11.3 Å². The van der Waals surface area contributed by atoms with Crippen molar-refractivity contribution in [3.8, 4) is 17.0 Å². The van der Waals surface area contributed by atoms with Gasteiger partial charge in [0, 0.05) is 5.56 Å². The number of methoxy groups -OCH3 is 1. The highest BCUT2D eigenvalue weighted by Gasteiger charge is 2.10. The molecule has 0 aliphatic carbocycles. The fourth-order valence-electron chi connectivity index (χ4n) is 2.16. The zero-order valence-electron chi connectivity index (χ0n) is 13.4. The Morgan fingerprint density at radius 2 is 2.04 bits per heavy atom. The van der Waals surface area contributed by atoms with E-state index in [1.165, 1.54) is 18.3 Å². The molecule has 7 heteroatoms. The van der Waals surface area contributed by atoms with E-state index in [1.807, 2.05) is 24.3 Å². The Bertz CT molecular complexity index is 903. The first-order chi connectivity index (χ1) is 12.2. The molecule has 1 amide bonds. The van der Waals surface area contributed by atoms with E-state index in [-0.39, 0.29) is 11.5 Å². The van der Waals surface area contributed by atoms with Crippen LogP contribution in [0.1, 0.15) is 16.1 Å². The van der Waals surface area contributed by atoms with Gasteiger partial charge in [0.25, 0.3) is 5.91 Å². The lowest BCUT2D eigenvalue weighted by Crippen LogP contribution is -2.18. The molecule has 1 heterocycles. The molecule has 6 nitrogen and oxygen atoms in total. The number of benzene rings is 2. The van der Waals surface area contributed by atoms with E-state index in [1.54, 1.807) is 25.3 Å². The van der Waals surface area contributed by atoms with Crippen LogP contribution in [-0.4, -0.2) is 29.4 Å². The average Bonchev–Trinajstić information content (AvgIpc) is 3.12. The number of carbonyl (C=O) groups excluding carboxylic acids is 1. The van der Waals surface area contributed by atoms with Gasteiger partial charge >= 0.3 is 0 Å². The van der Waals surface area contributed by atoms with Gasteiger partial charge in [-0.2, -0.15) is 10.2 Å². The van der Waals surface area contributed by atoms with Gasteiger partial charge in [-0.25, -0.2) is 9.82 Å². The fourth-order valence-corrected chi connectivity index (χ4v) is 2.16. The Morgan fingerprint density at radius 1 is 1.24 bits per heavy atom. The number of aromatic amines is 1. The minimum atomic E-state index is -0.445. The topological polar surface area (TPSA) is 79.4 Å². The minimum Gasteiger partial charge on any atom is -0.497 e. The number of halogens is 1. The Balaban J connectivity index is 1.66. The standard InChI is InChI=1S/C18H15FN4O2/c1-25-15-7-5-13(6-8-15)16-10-17(22-21-16)18(24)23-20-11-12-3-2-4-14(19)9-12/h2-11H,1H3,(H,21,22)(H,23,24)/b20-11+. The molecule has 0 fully saturated rings. The first-order valence-corrected chi connectivity index (χ1v) is 7.44. The van der Waals surface area contributed by atoms with Gasteiger partial charge in [-0.05, 0) is 48.0 Å². The van der Waals surface area contributed by atoms with Crippen molar-refractivity contribution in [3.05, 3.63) is 71.7 Å². The van der Waals surface area contributed by atoms with Gasteiger partial charge in [0.05, 0.1) is 19.0 Å². The highest BCUT2D eigenvalue weighted by Crippen LogP contribution is 2.21. The molecule has 0 aliphatic rings. The Kier molecular flexibility index (Phi) is 4.84. The number of ether oxygens (including phenoxy) is 1. The molecule has 0 bridgehead atoms. The van der Waals surface area contributed by atoms with Crippen LogP contribution in [0, 0.1) is 5.82 Å². The van der Waals surface area contributed by atoms with Crippen LogP contribution in [0.5, 0.6) is 5.75 Å². The van der Waals surface area contributed by atoms with Crippen LogP contribution in [0.15, 0.2) is 59.7 Å². The van der Waals surface area contributed by atoms with E-state index in [4.69, 9.17) is 4.74 Å². The highest BCUT2D eigenvalue weighted by atomic mass is 19.1. The predicted molar refractivity (Wildman–Crippen MR) is 92.0 cm³/mol. The summed E-state index contributed by atoms with van der Waals surface area (Å²) in [6.07, 6.45) is 1.36. The molecule has 2 aromatic carbocycles. The summed E-state index contributed by atoms with van der Waals surface area (Å²) in [5.41, 5.74) is 4.65. The van der Waals surface area contributed by atoms with Crippen LogP contribution in [-0.2, 0) is 0 Å². The second-order valence-corrected chi connectivity index (χ2v) is 5.15. The molecule has 3 aromatic rings. The average molecular weight is 338 g/mol. The van der Waals surface area contributed by atoms with Crippen molar-refractivity contribution in [2.24, 2.45) is 5.10 Å². The minimum absolute atomic E-state index is 0.266. The maximum absolute atomic E-state index is 13.1. The molecule has 126 valence electrons. The molecule has 0 atom stereocenters. The van der Waals surface area contributed by atoms with Crippen molar-refractivity contribution in [3.63, 3.8) is 0 Å². The first kappa shape index (κ1) is 16.4. The number of hydrogen-bond donors (Lipinski definition) is 2. The monoisotopic (exact) mass is 338 g/mol. The lowest BCUT2D eigenvalue weighted by atomic mass is 10.1. The van der Waals surface area contributed by atoms with Gasteiger partial charge in [0.2, 0.25) is 0 Å². The van der Waals surface area contributed by atoms with Gasteiger partial charge in [0.15, 0.2) is 0 Å². The molecular formula is C18H15FN4O2. The number of hydrazone groups is 1. The van der Waals surface area contributed by atoms with Gasteiger partial charge in [-0.1, -0.05) is 12.1 Å². The third-order valence-electron chi connectivity index (χ3n) is 3.44. The number of hydrogen-bond acceptors (Lipinski definition) is 4. The second kappa shape index (κ2) is 7.39. The number of rotatable bonds is 5. The third kappa shape index (κ3) is 4.08.